The lowest BCUT2D eigenvalue weighted by Gasteiger charge is -2.32. The van der Waals surface area contributed by atoms with Crippen molar-refractivity contribution in [3.05, 3.63) is 48.5 Å². The van der Waals surface area contributed by atoms with E-state index in [4.69, 9.17) is 11.5 Å². The van der Waals surface area contributed by atoms with Crippen LogP contribution in [0.15, 0.2) is 48.5 Å². The molecule has 3 rings (SSSR count). The molecule has 1 saturated carbocycles. The second-order valence-electron chi connectivity index (χ2n) is 6.07. The Kier molecular flexibility index (Phi) is 4.26. The summed E-state index contributed by atoms with van der Waals surface area (Å²) < 4.78 is 14.3. The minimum Gasteiger partial charge on any atom is -0.398 e. The van der Waals surface area contributed by atoms with Crippen molar-refractivity contribution in [2.24, 2.45) is 0 Å². The lowest BCUT2D eigenvalue weighted by Crippen LogP contribution is -2.30. The highest BCUT2D eigenvalue weighted by Crippen LogP contribution is 2.55. The Morgan fingerprint density at radius 1 is 0.773 bits per heavy atom. The van der Waals surface area contributed by atoms with E-state index in [1.165, 1.54) is 6.42 Å². The summed E-state index contributed by atoms with van der Waals surface area (Å²) in [6.07, 6.45) is 5.47. The zero-order chi connectivity index (χ0) is 15.6. The third-order valence-electron chi connectivity index (χ3n) is 4.68. The molecule has 0 amide bonds. The van der Waals surface area contributed by atoms with Gasteiger partial charge in [0.1, 0.15) is 7.14 Å². The van der Waals surface area contributed by atoms with Gasteiger partial charge in [0.05, 0.1) is 0 Å². The van der Waals surface area contributed by atoms with Crippen LogP contribution in [0.4, 0.5) is 11.4 Å². The minimum absolute atomic E-state index is 0.149. The van der Waals surface area contributed by atoms with Gasteiger partial charge in [0.15, 0.2) is 0 Å². The lowest BCUT2D eigenvalue weighted by atomic mass is 10.0. The van der Waals surface area contributed by atoms with Gasteiger partial charge in [-0.05, 0) is 37.1 Å². The summed E-state index contributed by atoms with van der Waals surface area (Å²) in [6.45, 7) is 0. The molecule has 0 unspecified atom stereocenters. The molecule has 2 aromatic carbocycles. The summed E-state index contributed by atoms with van der Waals surface area (Å²) in [5, 5.41) is 1.56. The van der Waals surface area contributed by atoms with Gasteiger partial charge >= 0.3 is 0 Å². The van der Waals surface area contributed by atoms with Crippen LogP contribution < -0.4 is 22.1 Å². The van der Waals surface area contributed by atoms with Gasteiger partial charge < -0.3 is 16.0 Å². The zero-order valence-electron chi connectivity index (χ0n) is 12.7. The van der Waals surface area contributed by atoms with E-state index in [9.17, 15) is 4.57 Å². The topological polar surface area (TPSA) is 69.1 Å². The fourth-order valence-electron chi connectivity index (χ4n) is 3.55. The molecule has 4 N–H and O–H groups in total. The molecule has 0 saturated heterocycles. The number of hydrogen-bond donors (Lipinski definition) is 2. The number of hydrogen-bond acceptors (Lipinski definition) is 3. The van der Waals surface area contributed by atoms with Gasteiger partial charge in [0.2, 0.25) is 0 Å². The van der Waals surface area contributed by atoms with Crippen LogP contribution in [0.25, 0.3) is 0 Å². The van der Waals surface area contributed by atoms with E-state index in [1.807, 2.05) is 48.5 Å². The van der Waals surface area contributed by atoms with E-state index in [-0.39, 0.29) is 5.66 Å². The summed E-state index contributed by atoms with van der Waals surface area (Å²) in [5.41, 5.74) is 13.7. The molecule has 0 aliphatic heterocycles. The first-order chi connectivity index (χ1) is 10.6. The van der Waals surface area contributed by atoms with Gasteiger partial charge in [-0.2, -0.15) is 0 Å². The Hall–Kier alpha value is -1.73. The first-order valence-corrected chi connectivity index (χ1v) is 9.71. The van der Waals surface area contributed by atoms with E-state index in [1.54, 1.807) is 0 Å². The molecule has 1 aliphatic carbocycles. The lowest BCUT2D eigenvalue weighted by molar-refractivity contribution is 0.490. The van der Waals surface area contributed by atoms with Crippen LogP contribution in [0.5, 0.6) is 0 Å². The molecule has 22 heavy (non-hydrogen) atoms. The smallest absolute Gasteiger partial charge is 0.150 e. The molecule has 0 atom stereocenters. The third-order valence-corrected chi connectivity index (χ3v) is 8.47. The quantitative estimate of drug-likeness (QED) is 0.673. The minimum atomic E-state index is -2.82. The zero-order valence-corrected chi connectivity index (χ0v) is 13.6. The van der Waals surface area contributed by atoms with Crippen LogP contribution in [0.3, 0.4) is 0 Å². The SMILES string of the molecule is Nc1ccccc1P(=O)(c1ccccc1N)C1CCCCC1. The number of para-hydroxylation sites is 2. The predicted molar refractivity (Wildman–Crippen MR) is 95.5 cm³/mol. The molecule has 0 heterocycles. The summed E-state index contributed by atoms with van der Waals surface area (Å²) >= 11 is 0. The average Bonchev–Trinajstić information content (AvgIpc) is 2.56. The van der Waals surface area contributed by atoms with E-state index >= 15 is 0 Å². The Balaban J connectivity index is 2.21. The van der Waals surface area contributed by atoms with E-state index in [0.29, 0.717) is 11.4 Å². The number of benzene rings is 2. The van der Waals surface area contributed by atoms with Gasteiger partial charge in [-0.15, -0.1) is 0 Å². The number of nitrogen functional groups attached to an aromatic ring is 2. The van der Waals surface area contributed by atoms with Crippen LogP contribution >= 0.6 is 7.14 Å². The number of anilines is 2. The van der Waals surface area contributed by atoms with Crippen LogP contribution in [-0.2, 0) is 4.57 Å². The fourth-order valence-corrected chi connectivity index (χ4v) is 7.22. The highest BCUT2D eigenvalue weighted by atomic mass is 31.2. The van der Waals surface area contributed by atoms with E-state index < -0.39 is 7.14 Å². The van der Waals surface area contributed by atoms with Crippen molar-refractivity contribution >= 4 is 29.1 Å². The summed E-state index contributed by atoms with van der Waals surface area (Å²) in [5.74, 6) is 0. The summed E-state index contributed by atoms with van der Waals surface area (Å²) in [4.78, 5) is 0. The molecular weight excluding hydrogens is 291 g/mol. The van der Waals surface area contributed by atoms with Gasteiger partial charge in [0, 0.05) is 27.6 Å². The Bertz CT molecular complexity index is 658. The van der Waals surface area contributed by atoms with Crippen LogP contribution in [-0.4, -0.2) is 5.66 Å². The van der Waals surface area contributed by atoms with E-state index in [2.05, 4.69) is 0 Å². The predicted octanol–water partition coefficient (Wildman–Crippen LogP) is 3.50. The first-order valence-electron chi connectivity index (χ1n) is 7.94. The monoisotopic (exact) mass is 314 g/mol. The maximum atomic E-state index is 14.3. The fraction of sp³-hybridized carbons (Fsp3) is 0.333. The molecule has 1 aliphatic rings. The summed E-state index contributed by atoms with van der Waals surface area (Å²) in [6, 6.07) is 15.1. The van der Waals surface area contributed by atoms with Crippen molar-refractivity contribution in [3.63, 3.8) is 0 Å². The Morgan fingerprint density at radius 3 is 1.68 bits per heavy atom. The Labute approximate surface area is 132 Å². The third kappa shape index (κ3) is 2.55. The van der Waals surface area contributed by atoms with Crippen LogP contribution in [0.1, 0.15) is 32.1 Å². The molecule has 0 aromatic heterocycles. The number of rotatable bonds is 3. The molecule has 2 aromatic rings. The second kappa shape index (κ2) is 6.18. The molecule has 116 valence electrons. The van der Waals surface area contributed by atoms with Crippen molar-refractivity contribution < 1.29 is 4.57 Å². The van der Waals surface area contributed by atoms with E-state index in [0.717, 1.165) is 36.3 Å². The van der Waals surface area contributed by atoms with Crippen molar-refractivity contribution in [1.29, 1.82) is 0 Å². The standard InChI is InChI=1S/C18H23N2OP/c19-15-10-4-6-12-17(15)22(21,14-8-2-1-3-9-14)18-13-7-5-11-16(18)20/h4-7,10-14H,1-3,8-9,19-20H2. The van der Waals surface area contributed by atoms with Crippen LogP contribution in [0.2, 0.25) is 0 Å². The average molecular weight is 314 g/mol. The van der Waals surface area contributed by atoms with Crippen molar-refractivity contribution in [3.8, 4) is 0 Å². The maximum absolute atomic E-state index is 14.3. The molecule has 1 fully saturated rings. The molecular formula is C18H23N2OP. The number of nitrogens with two attached hydrogens (primary N) is 2. The molecule has 0 radical (unpaired) electrons. The molecule has 3 nitrogen and oxygen atoms in total. The second-order valence-corrected chi connectivity index (χ2v) is 9.08. The molecule has 0 spiro atoms. The largest absolute Gasteiger partial charge is 0.398 e. The maximum Gasteiger partial charge on any atom is 0.150 e. The van der Waals surface area contributed by atoms with Crippen molar-refractivity contribution in [2.75, 3.05) is 11.5 Å². The Morgan fingerprint density at radius 2 is 1.23 bits per heavy atom. The normalized spacial score (nSPS) is 16.5. The highest BCUT2D eigenvalue weighted by Gasteiger charge is 2.39. The van der Waals surface area contributed by atoms with Gasteiger partial charge in [-0.1, -0.05) is 43.5 Å². The summed E-state index contributed by atoms with van der Waals surface area (Å²) in [7, 11) is -2.82. The first kappa shape index (κ1) is 15.2. The molecule has 4 heteroatoms. The van der Waals surface area contributed by atoms with Crippen LogP contribution in [0, 0.1) is 0 Å². The van der Waals surface area contributed by atoms with Crippen molar-refractivity contribution in [2.45, 2.75) is 37.8 Å². The van der Waals surface area contributed by atoms with Gasteiger partial charge in [-0.25, -0.2) is 0 Å². The van der Waals surface area contributed by atoms with Crippen molar-refractivity contribution in [1.82, 2.24) is 0 Å². The van der Waals surface area contributed by atoms with Gasteiger partial charge in [-0.3, -0.25) is 0 Å². The highest BCUT2D eigenvalue weighted by molar-refractivity contribution is 7.79. The molecule has 0 bridgehead atoms. The van der Waals surface area contributed by atoms with Gasteiger partial charge in [0.25, 0.3) is 0 Å².